The molecule has 0 unspecified atom stereocenters. The summed E-state index contributed by atoms with van der Waals surface area (Å²) in [5, 5.41) is 0. The Kier molecular flexibility index (Phi) is 3.97. The molecule has 0 amide bonds. The predicted molar refractivity (Wildman–Crippen MR) is 56.4 cm³/mol. The van der Waals surface area contributed by atoms with Gasteiger partial charge in [0.15, 0.2) is 0 Å². The van der Waals surface area contributed by atoms with Gasteiger partial charge in [-0.2, -0.15) is 0 Å². The second-order valence-corrected chi connectivity index (χ2v) is 3.75. The summed E-state index contributed by atoms with van der Waals surface area (Å²) in [4.78, 5) is 0. The van der Waals surface area contributed by atoms with Crippen molar-refractivity contribution >= 4 is 0 Å². The first-order valence-electron chi connectivity index (χ1n) is 5.16. The Hall–Kier alpha value is -0.820. The lowest BCUT2D eigenvalue weighted by Gasteiger charge is -2.04. The number of aryl methyl sites for hydroxylation is 1. The largest absolute Gasteiger partial charge is 0.352 e. The predicted octanol–water partition coefficient (Wildman–Crippen LogP) is 2.33. The molecular formula is C12H20N+. The standard InChI is InChI=1S/C12H19N/c1-3-4-5-11-6-8-12(9-7-11)10(2)13/h6-10H,3-5,13H2,1-2H3/p+1/t10-/m1/s1. The van der Waals surface area contributed by atoms with Crippen molar-refractivity contribution in [1.29, 1.82) is 0 Å². The van der Waals surface area contributed by atoms with Crippen LogP contribution < -0.4 is 5.73 Å². The summed E-state index contributed by atoms with van der Waals surface area (Å²) in [6, 6.07) is 9.25. The molecule has 0 aliphatic heterocycles. The van der Waals surface area contributed by atoms with Crippen LogP contribution in [-0.4, -0.2) is 0 Å². The smallest absolute Gasteiger partial charge is 0.107 e. The molecule has 1 nitrogen and oxygen atoms in total. The zero-order chi connectivity index (χ0) is 9.68. The number of unbranched alkanes of at least 4 members (excludes halogenated alkanes) is 1. The van der Waals surface area contributed by atoms with Gasteiger partial charge in [0.1, 0.15) is 6.04 Å². The summed E-state index contributed by atoms with van der Waals surface area (Å²) >= 11 is 0. The molecule has 0 aliphatic rings. The Labute approximate surface area is 81.0 Å². The second kappa shape index (κ2) is 5.03. The van der Waals surface area contributed by atoms with E-state index in [1.807, 2.05) is 0 Å². The van der Waals surface area contributed by atoms with Gasteiger partial charge in [-0.1, -0.05) is 37.6 Å². The minimum atomic E-state index is 0.403. The van der Waals surface area contributed by atoms with Crippen LogP contribution in [0.2, 0.25) is 0 Å². The molecule has 1 aromatic carbocycles. The third-order valence-electron chi connectivity index (χ3n) is 2.37. The van der Waals surface area contributed by atoms with Gasteiger partial charge in [-0.15, -0.1) is 0 Å². The SMILES string of the molecule is CCCCc1ccc([C@@H](C)[NH3+])cc1. The fraction of sp³-hybridized carbons (Fsp3) is 0.500. The zero-order valence-corrected chi connectivity index (χ0v) is 8.72. The number of benzene rings is 1. The molecule has 0 spiro atoms. The van der Waals surface area contributed by atoms with Gasteiger partial charge in [-0.25, -0.2) is 0 Å². The average Bonchev–Trinajstić information content (AvgIpc) is 2.15. The van der Waals surface area contributed by atoms with E-state index in [2.05, 4.69) is 43.8 Å². The third kappa shape index (κ3) is 3.19. The van der Waals surface area contributed by atoms with Crippen LogP contribution >= 0.6 is 0 Å². The molecule has 0 radical (unpaired) electrons. The first-order chi connectivity index (χ1) is 6.24. The lowest BCUT2D eigenvalue weighted by atomic mass is 10.0. The normalized spacial score (nSPS) is 12.8. The quantitative estimate of drug-likeness (QED) is 0.733. The van der Waals surface area contributed by atoms with Crippen molar-refractivity contribution in [3.63, 3.8) is 0 Å². The monoisotopic (exact) mass is 178 g/mol. The van der Waals surface area contributed by atoms with Gasteiger partial charge < -0.3 is 5.73 Å². The first-order valence-corrected chi connectivity index (χ1v) is 5.16. The highest BCUT2D eigenvalue weighted by Crippen LogP contribution is 2.11. The summed E-state index contributed by atoms with van der Waals surface area (Å²) in [6.07, 6.45) is 3.77. The zero-order valence-electron chi connectivity index (χ0n) is 8.72. The molecule has 0 saturated heterocycles. The molecular weight excluding hydrogens is 158 g/mol. The van der Waals surface area contributed by atoms with Crippen LogP contribution in [0.25, 0.3) is 0 Å². The van der Waals surface area contributed by atoms with E-state index >= 15 is 0 Å². The molecule has 0 aliphatic carbocycles. The van der Waals surface area contributed by atoms with Crippen molar-refractivity contribution in [2.75, 3.05) is 0 Å². The van der Waals surface area contributed by atoms with Gasteiger partial charge in [0, 0.05) is 5.56 Å². The number of rotatable bonds is 4. The van der Waals surface area contributed by atoms with Gasteiger partial charge in [-0.3, -0.25) is 0 Å². The van der Waals surface area contributed by atoms with Crippen molar-refractivity contribution in [3.05, 3.63) is 35.4 Å². The van der Waals surface area contributed by atoms with E-state index < -0.39 is 0 Å². The molecule has 0 aromatic heterocycles. The number of hydrogen-bond donors (Lipinski definition) is 1. The maximum absolute atomic E-state index is 4.00. The lowest BCUT2D eigenvalue weighted by molar-refractivity contribution is -0.420. The Bertz CT molecular complexity index is 236. The summed E-state index contributed by atoms with van der Waals surface area (Å²) in [5.74, 6) is 0. The Balaban J connectivity index is 2.59. The maximum atomic E-state index is 4.00. The van der Waals surface area contributed by atoms with Gasteiger partial charge >= 0.3 is 0 Å². The highest BCUT2D eigenvalue weighted by molar-refractivity contribution is 5.23. The van der Waals surface area contributed by atoms with Crippen LogP contribution in [0, 0.1) is 0 Å². The van der Waals surface area contributed by atoms with E-state index in [1.54, 1.807) is 0 Å². The van der Waals surface area contributed by atoms with Gasteiger partial charge in [-0.05, 0) is 25.3 Å². The first kappa shape index (κ1) is 10.3. The van der Waals surface area contributed by atoms with Gasteiger partial charge in [0.2, 0.25) is 0 Å². The highest BCUT2D eigenvalue weighted by atomic mass is 14.6. The Morgan fingerprint density at radius 1 is 1.23 bits per heavy atom. The van der Waals surface area contributed by atoms with E-state index in [1.165, 1.54) is 30.4 Å². The topological polar surface area (TPSA) is 27.6 Å². The molecule has 72 valence electrons. The third-order valence-corrected chi connectivity index (χ3v) is 2.37. The molecule has 0 heterocycles. The summed E-state index contributed by atoms with van der Waals surface area (Å²) in [6.45, 7) is 4.35. The molecule has 0 bridgehead atoms. The van der Waals surface area contributed by atoms with Crippen LogP contribution in [0.5, 0.6) is 0 Å². The molecule has 0 fully saturated rings. The highest BCUT2D eigenvalue weighted by Gasteiger charge is 2.01. The van der Waals surface area contributed by atoms with Crippen molar-refractivity contribution in [3.8, 4) is 0 Å². The van der Waals surface area contributed by atoms with Crippen LogP contribution in [0.15, 0.2) is 24.3 Å². The van der Waals surface area contributed by atoms with Crippen LogP contribution in [0.4, 0.5) is 0 Å². The van der Waals surface area contributed by atoms with Crippen LogP contribution in [0.3, 0.4) is 0 Å². The van der Waals surface area contributed by atoms with Crippen molar-refractivity contribution in [2.45, 2.75) is 39.2 Å². The fourth-order valence-electron chi connectivity index (χ4n) is 1.39. The Morgan fingerprint density at radius 2 is 1.85 bits per heavy atom. The molecule has 13 heavy (non-hydrogen) atoms. The minimum absolute atomic E-state index is 0.403. The van der Waals surface area contributed by atoms with E-state index in [9.17, 15) is 0 Å². The second-order valence-electron chi connectivity index (χ2n) is 3.75. The van der Waals surface area contributed by atoms with E-state index in [4.69, 9.17) is 0 Å². The summed E-state index contributed by atoms with van der Waals surface area (Å²) in [7, 11) is 0. The lowest BCUT2D eigenvalue weighted by Crippen LogP contribution is -2.51. The summed E-state index contributed by atoms with van der Waals surface area (Å²) < 4.78 is 0. The van der Waals surface area contributed by atoms with Crippen LogP contribution in [0.1, 0.15) is 43.9 Å². The minimum Gasteiger partial charge on any atom is -0.352 e. The molecule has 1 aromatic rings. The number of quaternary nitrogens is 1. The molecule has 1 heteroatoms. The fourth-order valence-corrected chi connectivity index (χ4v) is 1.39. The van der Waals surface area contributed by atoms with Crippen molar-refractivity contribution in [1.82, 2.24) is 0 Å². The molecule has 3 N–H and O–H groups in total. The molecule has 0 saturated carbocycles. The van der Waals surface area contributed by atoms with E-state index in [0.29, 0.717) is 6.04 Å². The number of hydrogen-bond acceptors (Lipinski definition) is 0. The molecule has 1 rings (SSSR count). The van der Waals surface area contributed by atoms with Crippen molar-refractivity contribution < 1.29 is 5.73 Å². The van der Waals surface area contributed by atoms with Gasteiger partial charge in [0.05, 0.1) is 0 Å². The van der Waals surface area contributed by atoms with Crippen LogP contribution in [-0.2, 0) is 6.42 Å². The maximum Gasteiger partial charge on any atom is 0.107 e. The Morgan fingerprint density at radius 3 is 2.31 bits per heavy atom. The van der Waals surface area contributed by atoms with E-state index in [0.717, 1.165) is 0 Å². The molecule has 1 atom stereocenters. The summed E-state index contributed by atoms with van der Waals surface area (Å²) in [5.41, 5.74) is 6.78. The van der Waals surface area contributed by atoms with Gasteiger partial charge in [0.25, 0.3) is 0 Å². The average molecular weight is 178 g/mol. The van der Waals surface area contributed by atoms with Crippen molar-refractivity contribution in [2.24, 2.45) is 0 Å². The van der Waals surface area contributed by atoms with E-state index in [-0.39, 0.29) is 0 Å².